The van der Waals surface area contributed by atoms with Crippen molar-refractivity contribution in [3.05, 3.63) is 47.2 Å². The molecule has 1 aromatic heterocycles. The first kappa shape index (κ1) is 31.8. The number of amides is 1. The molecule has 1 amide bonds. The van der Waals surface area contributed by atoms with Crippen LogP contribution in [0, 0.1) is 11.3 Å². The van der Waals surface area contributed by atoms with Gasteiger partial charge in [0.05, 0.1) is 23.4 Å². The van der Waals surface area contributed by atoms with Gasteiger partial charge in [-0.1, -0.05) is 39.8 Å². The standard InChI is InChI=1S/C29H36F3N3O6/c1-16-11-21-19(14-20(34-35-21)17-9-8-10-18(13-17)29(30,31)32)22(12-16)40-23(36)15-28(24(37)38,26(2,3)4)33-25(39)41-27(5,6)7/h8-10,13-14,16,22H,11-12,15H2,1-7H3,(H,33,39)(H,37,38)/t16?,22?,28-/m0/s1. The van der Waals surface area contributed by atoms with Crippen molar-refractivity contribution in [3.63, 3.8) is 0 Å². The minimum Gasteiger partial charge on any atom is -0.479 e. The predicted octanol–water partition coefficient (Wildman–Crippen LogP) is 6.11. The van der Waals surface area contributed by atoms with Crippen molar-refractivity contribution in [3.8, 4) is 11.3 Å². The molecule has 1 heterocycles. The molecule has 3 atom stereocenters. The number of hydrogen-bond acceptors (Lipinski definition) is 7. The quantitative estimate of drug-likeness (QED) is 0.392. The highest BCUT2D eigenvalue weighted by atomic mass is 19.4. The van der Waals surface area contributed by atoms with Crippen molar-refractivity contribution < 1.29 is 42.1 Å². The van der Waals surface area contributed by atoms with Crippen molar-refractivity contribution in [2.45, 2.75) is 91.1 Å². The van der Waals surface area contributed by atoms with E-state index in [1.165, 1.54) is 12.1 Å². The maximum Gasteiger partial charge on any atom is 0.416 e. The monoisotopic (exact) mass is 579 g/mol. The molecule has 1 aliphatic carbocycles. The van der Waals surface area contributed by atoms with Crippen LogP contribution in [0.25, 0.3) is 11.3 Å². The Bertz CT molecular complexity index is 1320. The number of halogens is 3. The number of carbonyl (C=O) groups excluding carboxylic acids is 2. The Hall–Kier alpha value is -3.70. The second-order valence-electron chi connectivity index (χ2n) is 12.5. The number of rotatable bonds is 6. The molecule has 3 rings (SSSR count). The molecule has 0 bridgehead atoms. The van der Waals surface area contributed by atoms with Gasteiger partial charge in [-0.25, -0.2) is 9.59 Å². The average molecular weight is 580 g/mol. The van der Waals surface area contributed by atoms with Gasteiger partial charge in [0.25, 0.3) is 0 Å². The molecule has 2 unspecified atom stereocenters. The summed E-state index contributed by atoms with van der Waals surface area (Å²) in [6.45, 7) is 11.5. The van der Waals surface area contributed by atoms with Crippen LogP contribution in [-0.4, -0.2) is 44.5 Å². The Morgan fingerprint density at radius 3 is 2.27 bits per heavy atom. The van der Waals surface area contributed by atoms with Gasteiger partial charge in [-0.05, 0) is 63.1 Å². The number of carbonyl (C=O) groups is 3. The first-order valence-corrected chi connectivity index (χ1v) is 13.2. The molecular formula is C29H36F3N3O6. The zero-order valence-corrected chi connectivity index (χ0v) is 24.2. The number of benzene rings is 1. The second-order valence-corrected chi connectivity index (χ2v) is 12.5. The van der Waals surface area contributed by atoms with Crippen LogP contribution >= 0.6 is 0 Å². The number of aliphatic carboxylic acids is 1. The third kappa shape index (κ3) is 7.53. The van der Waals surface area contributed by atoms with Gasteiger partial charge in [0, 0.05) is 11.1 Å². The third-order valence-electron chi connectivity index (χ3n) is 6.94. The molecule has 0 fully saturated rings. The zero-order valence-electron chi connectivity index (χ0n) is 24.2. The third-order valence-corrected chi connectivity index (χ3v) is 6.94. The van der Waals surface area contributed by atoms with E-state index in [-0.39, 0.29) is 17.2 Å². The van der Waals surface area contributed by atoms with E-state index in [9.17, 15) is 32.7 Å². The number of nitrogens with zero attached hydrogens (tertiary/aromatic N) is 2. The first-order chi connectivity index (χ1) is 18.7. The highest BCUT2D eigenvalue weighted by Gasteiger charge is 2.53. The summed E-state index contributed by atoms with van der Waals surface area (Å²) in [5.41, 5.74) is -3.59. The number of alkyl halides is 3. The van der Waals surface area contributed by atoms with Gasteiger partial charge < -0.3 is 19.9 Å². The van der Waals surface area contributed by atoms with Crippen molar-refractivity contribution in [2.75, 3.05) is 0 Å². The molecule has 2 N–H and O–H groups in total. The summed E-state index contributed by atoms with van der Waals surface area (Å²) in [4.78, 5) is 38.5. The molecule has 0 spiro atoms. The largest absolute Gasteiger partial charge is 0.479 e. The lowest BCUT2D eigenvalue weighted by molar-refractivity contribution is -0.163. The van der Waals surface area contributed by atoms with Gasteiger partial charge >= 0.3 is 24.2 Å². The molecule has 1 aliphatic rings. The normalized spacial score (nSPS) is 19.0. The van der Waals surface area contributed by atoms with Crippen LogP contribution in [0.5, 0.6) is 0 Å². The van der Waals surface area contributed by atoms with E-state index in [1.54, 1.807) is 47.6 Å². The maximum atomic E-state index is 13.3. The molecule has 0 saturated heterocycles. The Morgan fingerprint density at radius 2 is 1.71 bits per heavy atom. The van der Waals surface area contributed by atoms with E-state index in [4.69, 9.17) is 9.47 Å². The van der Waals surface area contributed by atoms with Crippen LogP contribution in [0.2, 0.25) is 0 Å². The second kappa shape index (κ2) is 11.3. The van der Waals surface area contributed by atoms with E-state index in [0.717, 1.165) is 12.1 Å². The Labute approximate surface area is 236 Å². The molecule has 224 valence electrons. The van der Waals surface area contributed by atoms with Crippen molar-refractivity contribution in [1.29, 1.82) is 0 Å². The van der Waals surface area contributed by atoms with Gasteiger partial charge in [-0.3, -0.25) is 4.79 Å². The topological polar surface area (TPSA) is 128 Å². The van der Waals surface area contributed by atoms with Gasteiger partial charge in [-0.15, -0.1) is 0 Å². The summed E-state index contributed by atoms with van der Waals surface area (Å²) in [5, 5.41) is 21.0. The lowest BCUT2D eigenvalue weighted by Gasteiger charge is -2.41. The summed E-state index contributed by atoms with van der Waals surface area (Å²) >= 11 is 0. The molecule has 41 heavy (non-hydrogen) atoms. The van der Waals surface area contributed by atoms with Gasteiger partial charge in [0.15, 0.2) is 5.54 Å². The maximum absolute atomic E-state index is 13.3. The molecule has 1 aromatic carbocycles. The van der Waals surface area contributed by atoms with E-state index in [1.807, 2.05) is 6.92 Å². The summed E-state index contributed by atoms with van der Waals surface area (Å²) in [6.07, 6.45) is -6.20. The number of esters is 1. The average Bonchev–Trinajstić information content (AvgIpc) is 2.80. The lowest BCUT2D eigenvalue weighted by Crippen LogP contribution is -2.64. The molecule has 9 nitrogen and oxygen atoms in total. The number of hydrogen-bond donors (Lipinski definition) is 2. The van der Waals surface area contributed by atoms with E-state index >= 15 is 0 Å². The minimum atomic E-state index is -4.54. The molecule has 0 saturated carbocycles. The SMILES string of the molecule is CC1Cc2nnc(-c3cccc(C(F)(F)F)c3)cc2C(OC(=O)C[C@](NC(=O)OC(C)(C)C)(C(=O)O)C(C)(C)C)C1. The number of carboxylic acid groups (broad SMARTS) is 1. The van der Waals surface area contributed by atoms with Crippen LogP contribution in [0.1, 0.15) is 84.2 Å². The van der Waals surface area contributed by atoms with E-state index < -0.39 is 58.9 Å². The van der Waals surface area contributed by atoms with Crippen molar-refractivity contribution >= 4 is 18.0 Å². The van der Waals surface area contributed by atoms with Crippen molar-refractivity contribution in [1.82, 2.24) is 15.5 Å². The summed E-state index contributed by atoms with van der Waals surface area (Å²) < 4.78 is 50.9. The van der Waals surface area contributed by atoms with Crippen LogP contribution in [0.4, 0.5) is 18.0 Å². The van der Waals surface area contributed by atoms with Crippen LogP contribution in [0.15, 0.2) is 30.3 Å². The summed E-state index contributed by atoms with van der Waals surface area (Å²) in [7, 11) is 0. The van der Waals surface area contributed by atoms with Crippen LogP contribution in [-0.2, 0) is 31.7 Å². The molecule has 12 heteroatoms. The van der Waals surface area contributed by atoms with Gasteiger partial charge in [-0.2, -0.15) is 23.4 Å². The summed E-state index contributed by atoms with van der Waals surface area (Å²) in [6, 6.07) is 6.22. The number of aromatic nitrogens is 2. The fourth-order valence-corrected chi connectivity index (χ4v) is 4.72. The van der Waals surface area contributed by atoms with Gasteiger partial charge in [0.2, 0.25) is 0 Å². The van der Waals surface area contributed by atoms with E-state index in [0.29, 0.717) is 24.1 Å². The van der Waals surface area contributed by atoms with Crippen LogP contribution in [0.3, 0.4) is 0 Å². The zero-order chi connectivity index (χ0) is 31.0. The summed E-state index contributed by atoms with van der Waals surface area (Å²) in [5.74, 6) is -2.30. The lowest BCUT2D eigenvalue weighted by atomic mass is 9.71. The van der Waals surface area contributed by atoms with Gasteiger partial charge in [0.1, 0.15) is 11.7 Å². The highest BCUT2D eigenvalue weighted by Crippen LogP contribution is 2.39. The number of fused-ring (bicyclic) bond motifs is 1. The minimum absolute atomic E-state index is 0.0285. The molecule has 2 aromatic rings. The number of nitrogens with one attached hydrogen (secondary N) is 1. The Morgan fingerprint density at radius 1 is 1.05 bits per heavy atom. The number of ether oxygens (including phenoxy) is 2. The van der Waals surface area contributed by atoms with Crippen LogP contribution < -0.4 is 5.32 Å². The Kier molecular flexibility index (Phi) is 8.76. The fourth-order valence-electron chi connectivity index (χ4n) is 4.72. The molecular weight excluding hydrogens is 543 g/mol. The fraction of sp³-hybridized carbons (Fsp3) is 0.552. The molecule has 0 radical (unpaired) electrons. The van der Waals surface area contributed by atoms with E-state index in [2.05, 4.69) is 15.5 Å². The highest BCUT2D eigenvalue weighted by molar-refractivity contribution is 5.90. The first-order valence-electron chi connectivity index (χ1n) is 13.2. The Balaban J connectivity index is 1.93. The predicted molar refractivity (Wildman–Crippen MR) is 143 cm³/mol. The molecule has 0 aliphatic heterocycles. The van der Waals surface area contributed by atoms with Crippen molar-refractivity contribution in [2.24, 2.45) is 11.3 Å². The smallest absolute Gasteiger partial charge is 0.416 e. The number of alkyl carbamates (subject to hydrolysis) is 1. The number of carboxylic acids is 1.